The number of rotatable bonds is 7. The van der Waals surface area contributed by atoms with Gasteiger partial charge in [0, 0.05) is 16.9 Å². The van der Waals surface area contributed by atoms with Crippen LogP contribution in [0.4, 0.5) is 42.5 Å². The van der Waals surface area contributed by atoms with Crippen LogP contribution in [-0.2, 0) is 10.9 Å². The Morgan fingerprint density at radius 3 is 2.03 bits per heavy atom. The number of halogens is 6. The van der Waals surface area contributed by atoms with E-state index in [4.69, 9.17) is 10.1 Å². The molecule has 0 aliphatic heterocycles. The molecular formula is C25H20F6N4O3. The number of nitrogens with one attached hydrogen (secondary N) is 3. The van der Waals surface area contributed by atoms with Crippen LogP contribution in [0, 0.1) is 5.41 Å². The number of carbonyl (C=O) groups excluding carboxylic acids is 1. The molecule has 3 N–H and O–H groups in total. The maximum Gasteiger partial charge on any atom is 0.573 e. The van der Waals surface area contributed by atoms with Gasteiger partial charge in [-0.25, -0.2) is 9.79 Å². The van der Waals surface area contributed by atoms with Crippen molar-refractivity contribution in [1.29, 1.82) is 5.41 Å². The number of carbonyl (C=O) groups is 1. The molecule has 38 heavy (non-hydrogen) atoms. The number of anilines is 2. The SMILES string of the molecule is CC(OC(=O)Nc1ccc(C(=N)/N=C\Nc2ccc(OC(F)(F)F)cc2)cc1)c1ccc(C(F)(F)F)cc1. The molecule has 13 heteroatoms. The van der Waals surface area contributed by atoms with Gasteiger partial charge in [-0.1, -0.05) is 12.1 Å². The standard InChI is InChI=1S/C25H20F6N4O3/c1-15(16-2-6-18(7-3-16)24(26,27)28)37-23(36)35-20-8-4-17(5-9-20)22(32)34-14-33-19-10-12-21(13-11-19)38-25(29,30)31/h2-15H,1H3,(H,35,36)(H2,32,33,34). The first-order valence-electron chi connectivity index (χ1n) is 10.8. The highest BCUT2D eigenvalue weighted by Crippen LogP contribution is 2.30. The Morgan fingerprint density at radius 2 is 1.47 bits per heavy atom. The zero-order valence-electron chi connectivity index (χ0n) is 19.5. The van der Waals surface area contributed by atoms with Crippen LogP contribution < -0.4 is 15.4 Å². The molecule has 1 atom stereocenters. The van der Waals surface area contributed by atoms with Gasteiger partial charge in [-0.15, -0.1) is 13.2 Å². The summed E-state index contributed by atoms with van der Waals surface area (Å²) < 4.78 is 83.6. The van der Waals surface area contributed by atoms with Crippen LogP contribution in [0.1, 0.15) is 29.7 Å². The molecular weight excluding hydrogens is 518 g/mol. The van der Waals surface area contributed by atoms with Crippen LogP contribution in [0.3, 0.4) is 0 Å². The van der Waals surface area contributed by atoms with Gasteiger partial charge in [0.05, 0.1) is 11.9 Å². The summed E-state index contributed by atoms with van der Waals surface area (Å²) in [6.45, 7) is 1.52. The van der Waals surface area contributed by atoms with Crippen molar-refractivity contribution in [2.75, 3.05) is 10.6 Å². The molecule has 0 bridgehead atoms. The number of amides is 1. The van der Waals surface area contributed by atoms with Gasteiger partial charge in [0.2, 0.25) is 0 Å². The number of hydrogen-bond acceptors (Lipinski definition) is 4. The van der Waals surface area contributed by atoms with E-state index in [0.29, 0.717) is 22.5 Å². The molecule has 0 aromatic heterocycles. The highest BCUT2D eigenvalue weighted by Gasteiger charge is 2.31. The highest BCUT2D eigenvalue weighted by molar-refractivity contribution is 6.02. The zero-order valence-corrected chi connectivity index (χ0v) is 19.5. The van der Waals surface area contributed by atoms with Gasteiger partial charge in [-0.05, 0) is 73.2 Å². The molecule has 0 fully saturated rings. The lowest BCUT2D eigenvalue weighted by atomic mass is 10.1. The predicted molar refractivity (Wildman–Crippen MR) is 128 cm³/mol. The number of benzene rings is 3. The minimum absolute atomic E-state index is 0.139. The lowest BCUT2D eigenvalue weighted by molar-refractivity contribution is -0.274. The fourth-order valence-electron chi connectivity index (χ4n) is 3.03. The van der Waals surface area contributed by atoms with Crippen LogP contribution in [0.25, 0.3) is 0 Å². The highest BCUT2D eigenvalue weighted by atomic mass is 19.4. The fraction of sp³-hybridized carbons (Fsp3) is 0.160. The van der Waals surface area contributed by atoms with Crippen molar-refractivity contribution in [3.63, 3.8) is 0 Å². The van der Waals surface area contributed by atoms with Gasteiger partial charge in [-0.2, -0.15) is 13.2 Å². The molecule has 3 aromatic rings. The summed E-state index contributed by atoms with van der Waals surface area (Å²) in [6.07, 6.45) is -9.69. The second kappa shape index (κ2) is 11.7. The summed E-state index contributed by atoms with van der Waals surface area (Å²) in [6, 6.07) is 15.2. The number of alkyl halides is 6. The fourth-order valence-corrected chi connectivity index (χ4v) is 3.03. The summed E-state index contributed by atoms with van der Waals surface area (Å²) in [5, 5.41) is 13.2. The third-order valence-electron chi connectivity index (χ3n) is 4.91. The van der Waals surface area contributed by atoms with E-state index in [9.17, 15) is 31.1 Å². The third kappa shape index (κ3) is 8.54. The Balaban J connectivity index is 1.49. The first-order valence-corrected chi connectivity index (χ1v) is 10.8. The largest absolute Gasteiger partial charge is 0.573 e. The van der Waals surface area contributed by atoms with Crippen LogP contribution in [0.15, 0.2) is 77.8 Å². The maximum atomic E-state index is 12.7. The van der Waals surface area contributed by atoms with Crippen molar-refractivity contribution in [3.8, 4) is 5.75 Å². The first-order chi connectivity index (χ1) is 17.8. The average Bonchev–Trinajstić information content (AvgIpc) is 2.84. The second-order valence-corrected chi connectivity index (χ2v) is 7.69. The molecule has 3 aromatic carbocycles. The number of hydrogen-bond donors (Lipinski definition) is 3. The van der Waals surface area contributed by atoms with E-state index in [1.807, 2.05) is 0 Å². The molecule has 0 spiro atoms. The normalized spacial score (nSPS) is 12.6. The molecule has 0 saturated heterocycles. The quantitative estimate of drug-likeness (QED) is 0.166. The van der Waals surface area contributed by atoms with Crippen LogP contribution in [0.2, 0.25) is 0 Å². The van der Waals surface area contributed by atoms with Gasteiger partial charge < -0.3 is 14.8 Å². The molecule has 200 valence electrons. The van der Waals surface area contributed by atoms with E-state index in [1.54, 1.807) is 0 Å². The van der Waals surface area contributed by atoms with Gasteiger partial charge >= 0.3 is 18.6 Å². The van der Waals surface area contributed by atoms with E-state index in [2.05, 4.69) is 20.4 Å². The lowest BCUT2D eigenvalue weighted by Gasteiger charge is -2.15. The van der Waals surface area contributed by atoms with Gasteiger partial charge in [-0.3, -0.25) is 10.7 Å². The number of ether oxygens (including phenoxy) is 2. The number of aliphatic imine (C=N–C) groups is 1. The van der Waals surface area contributed by atoms with E-state index in [-0.39, 0.29) is 11.6 Å². The van der Waals surface area contributed by atoms with E-state index >= 15 is 0 Å². The predicted octanol–water partition coefficient (Wildman–Crippen LogP) is 7.38. The Labute approximate surface area is 212 Å². The van der Waals surface area contributed by atoms with Crippen molar-refractivity contribution in [1.82, 2.24) is 0 Å². The Bertz CT molecular complexity index is 1270. The van der Waals surface area contributed by atoms with E-state index in [1.165, 1.54) is 61.8 Å². The number of nitrogens with zero attached hydrogens (tertiary/aromatic N) is 1. The summed E-state index contributed by atoms with van der Waals surface area (Å²) >= 11 is 0. The molecule has 0 aliphatic rings. The topological polar surface area (TPSA) is 95.8 Å². The van der Waals surface area contributed by atoms with E-state index in [0.717, 1.165) is 24.3 Å². The minimum atomic E-state index is -4.79. The van der Waals surface area contributed by atoms with Crippen LogP contribution in [0.5, 0.6) is 5.75 Å². The molecule has 0 aliphatic carbocycles. The summed E-state index contributed by atoms with van der Waals surface area (Å²) in [5.41, 5.74) is 0.731. The number of amidine groups is 1. The third-order valence-corrected chi connectivity index (χ3v) is 4.91. The zero-order chi connectivity index (χ0) is 27.9. The van der Waals surface area contributed by atoms with Crippen molar-refractivity contribution < 1.29 is 40.6 Å². The molecule has 3 rings (SSSR count). The molecule has 0 heterocycles. The van der Waals surface area contributed by atoms with Crippen LogP contribution in [-0.4, -0.2) is 24.6 Å². The minimum Gasteiger partial charge on any atom is -0.441 e. The molecule has 1 unspecified atom stereocenters. The van der Waals surface area contributed by atoms with Crippen molar-refractivity contribution in [3.05, 3.63) is 89.5 Å². The molecule has 1 amide bonds. The van der Waals surface area contributed by atoms with Crippen molar-refractivity contribution >= 4 is 29.6 Å². The first kappa shape index (κ1) is 28.0. The Kier molecular flexibility index (Phi) is 8.61. The maximum absolute atomic E-state index is 12.7. The van der Waals surface area contributed by atoms with Gasteiger partial charge in [0.25, 0.3) is 0 Å². The van der Waals surface area contributed by atoms with Gasteiger partial charge in [0.15, 0.2) is 5.84 Å². The van der Waals surface area contributed by atoms with Gasteiger partial charge in [0.1, 0.15) is 11.9 Å². The smallest absolute Gasteiger partial charge is 0.441 e. The van der Waals surface area contributed by atoms with E-state index < -0.39 is 30.3 Å². The lowest BCUT2D eigenvalue weighted by Crippen LogP contribution is -2.17. The molecule has 7 nitrogen and oxygen atoms in total. The van der Waals surface area contributed by atoms with Crippen LogP contribution >= 0.6 is 0 Å². The second-order valence-electron chi connectivity index (χ2n) is 7.69. The molecule has 0 radical (unpaired) electrons. The van der Waals surface area contributed by atoms with Crippen molar-refractivity contribution in [2.24, 2.45) is 4.99 Å². The van der Waals surface area contributed by atoms with Crippen molar-refractivity contribution in [2.45, 2.75) is 25.6 Å². The Morgan fingerprint density at radius 1 is 0.895 bits per heavy atom. The average molecular weight is 538 g/mol. The summed E-state index contributed by atoms with van der Waals surface area (Å²) in [5.74, 6) is -0.515. The monoisotopic (exact) mass is 538 g/mol. The summed E-state index contributed by atoms with van der Waals surface area (Å²) in [7, 11) is 0. The Hall–Kier alpha value is -4.55. The molecule has 0 saturated carbocycles. The summed E-state index contributed by atoms with van der Waals surface area (Å²) in [4.78, 5) is 16.1.